The Hall–Kier alpha value is -4.21. The number of hydrogen-bond donors (Lipinski definition) is 10. The quantitative estimate of drug-likeness (QED) is 0.0210. The summed E-state index contributed by atoms with van der Waals surface area (Å²) in [7, 11) is -32.9. The maximum atomic E-state index is 17.7. The molecule has 27 nitrogen and oxygen atoms in total. The second-order valence-corrected chi connectivity index (χ2v) is 34.0. The number of alkyl halides is 3. The maximum absolute atomic E-state index is 17.7. The number of H-pyrrole nitrogens is 3. The van der Waals surface area contributed by atoms with Gasteiger partial charge in [0.25, 0.3) is 5.15 Å². The van der Waals surface area contributed by atoms with Crippen LogP contribution >= 0.6 is 70.4 Å². The fourth-order valence-electron chi connectivity index (χ4n) is 9.12. The van der Waals surface area contributed by atoms with Gasteiger partial charge in [-0.3, -0.25) is 53.1 Å². The van der Waals surface area contributed by atoms with Crippen molar-refractivity contribution in [2.45, 2.75) is 115 Å². The van der Waals surface area contributed by atoms with Crippen LogP contribution in [-0.2, 0) is 64.7 Å². The average molecular weight is 1470 g/mol. The molecule has 0 radical (unpaired) electrons. The molecule has 0 saturated heterocycles. The number of aromatic amines is 3. The van der Waals surface area contributed by atoms with E-state index in [1.807, 2.05) is 18.2 Å². The van der Waals surface area contributed by atoms with Crippen LogP contribution in [0, 0.1) is 0 Å². The molecule has 0 fully saturated rings. The molecule has 0 aliphatic heterocycles. The van der Waals surface area contributed by atoms with E-state index in [9.17, 15) is 41.1 Å². The van der Waals surface area contributed by atoms with Gasteiger partial charge in [0.2, 0.25) is 0 Å². The van der Waals surface area contributed by atoms with Crippen LogP contribution in [0.3, 0.4) is 0 Å². The number of nitrogens with zero attached hydrogens (tertiary/aromatic N) is 6. The van der Waals surface area contributed by atoms with Crippen molar-refractivity contribution in [1.29, 1.82) is 0 Å². The second-order valence-electron chi connectivity index (χ2n) is 21.5. The first-order chi connectivity index (χ1) is 41.7. The zero-order valence-corrected chi connectivity index (χ0v) is 60.0. The van der Waals surface area contributed by atoms with Crippen LogP contribution in [0.25, 0.3) is 66.5 Å². The van der Waals surface area contributed by atoms with Gasteiger partial charge in [-0.05, 0) is 127 Å². The molecule has 39 heteroatoms. The Morgan fingerprint density at radius 2 is 0.699 bits per heavy atom. The molecule has 10 N–H and O–H groups in total. The summed E-state index contributed by atoms with van der Waals surface area (Å²) < 4.78 is 144. The van der Waals surface area contributed by atoms with Crippen molar-refractivity contribution in [1.82, 2.24) is 45.5 Å². The molecule has 0 bridgehead atoms. The van der Waals surface area contributed by atoms with Gasteiger partial charge in [-0.2, -0.15) is 15.3 Å². The van der Waals surface area contributed by atoms with Gasteiger partial charge < -0.3 is 61.8 Å². The van der Waals surface area contributed by atoms with Gasteiger partial charge in [0, 0.05) is 70.7 Å². The topological polar surface area (TPSA) is 429 Å². The van der Waals surface area contributed by atoms with Crippen LogP contribution in [0.5, 0.6) is 0 Å². The summed E-state index contributed by atoms with van der Waals surface area (Å²) >= 11 is 0. The van der Waals surface area contributed by atoms with Crippen LogP contribution < -0.4 is 34.5 Å². The van der Waals surface area contributed by atoms with Crippen molar-refractivity contribution in [2.75, 3.05) is 0 Å². The smallest absolute Gasteiger partial charge is 0.776 e. The fourth-order valence-corrected chi connectivity index (χ4v) is 18.8. The van der Waals surface area contributed by atoms with Gasteiger partial charge >= 0.3 is 77.8 Å². The molecule has 2 unspecified atom stereocenters. The summed E-state index contributed by atoms with van der Waals surface area (Å²) in [6.07, 6.45) is 2.99. The predicted octanol–water partition coefficient (Wildman–Crippen LogP) is 9.38. The molecule has 502 valence electrons. The van der Waals surface area contributed by atoms with Crippen LogP contribution in [0.15, 0.2) is 128 Å². The largest absolute Gasteiger partial charge is 1.00 e. The van der Waals surface area contributed by atoms with Crippen molar-refractivity contribution < 1.29 is 127 Å². The predicted molar refractivity (Wildman–Crippen MR) is 341 cm³/mol. The molecule has 3 aromatic carbocycles. The number of pyridine rings is 3. The average Bonchev–Trinajstić information content (AvgIpc) is 0.769. The Bertz CT molecular complexity index is 4040. The second kappa shape index (κ2) is 32.0. The van der Waals surface area contributed by atoms with Crippen LogP contribution in [0.1, 0.15) is 72.1 Å². The van der Waals surface area contributed by atoms with Crippen LogP contribution in [0.2, 0.25) is 0 Å². The third kappa shape index (κ3) is 18.5. The molecule has 9 aromatic rings. The first-order valence-corrected chi connectivity index (χ1v) is 36.6. The number of rotatable bonds is 23. The van der Waals surface area contributed by atoms with Crippen LogP contribution in [-0.4, -0.2) is 120 Å². The van der Waals surface area contributed by atoms with Crippen molar-refractivity contribution in [3.63, 3.8) is 0 Å². The van der Waals surface area contributed by atoms with E-state index in [2.05, 4.69) is 45.5 Å². The summed E-state index contributed by atoms with van der Waals surface area (Å²) in [5.74, 6) is 0. The summed E-state index contributed by atoms with van der Waals surface area (Å²) in [6.45, 7) is 12.8. The number of halogens is 5. The van der Waals surface area contributed by atoms with Gasteiger partial charge in [0.1, 0.15) is 0 Å². The minimum Gasteiger partial charge on any atom is -0.776 e. The number of aromatic nitrogens is 9. The van der Waals surface area contributed by atoms with E-state index in [0.717, 1.165) is 22.0 Å². The van der Waals surface area contributed by atoms with Gasteiger partial charge in [0.05, 0.1) is 76.6 Å². The van der Waals surface area contributed by atoms with Crippen molar-refractivity contribution in [3.05, 3.63) is 145 Å². The SMILES string of the molecule is CC(C)OP(=O)(OC(C)C)C(F)(Cc1ccnc(-c2cccc3[nH]ncc23)c1)P(=O)(OC(C)C)OC(C)C.Cl.Cl.O=P(O)(O)C(F)(Cc1ccnc(-c2cccc3[nH]ncc23)c1)P(=O)(O)O.O=P([O-])(O)C(F)(Cc1ccnc(-c2cccc3[nH]ncc23)c1)P(=O)(O)O.[Na+]. The first kappa shape index (κ1) is 81.2. The normalized spacial score (nSPS) is 14.0. The number of hydrogen-bond acceptors (Lipinski definition) is 17. The molecular weight excluding hydrogens is 1400 g/mol. The third-order valence-corrected chi connectivity index (χ3v) is 26.6. The van der Waals surface area contributed by atoms with E-state index in [0.29, 0.717) is 50.1 Å². The van der Waals surface area contributed by atoms with Gasteiger partial charge in [-0.1, -0.05) is 36.4 Å². The molecule has 0 aliphatic carbocycles. The Morgan fingerprint density at radius 1 is 0.441 bits per heavy atom. The van der Waals surface area contributed by atoms with Crippen molar-refractivity contribution in [3.8, 4) is 33.8 Å². The van der Waals surface area contributed by atoms with E-state index >= 15 is 4.39 Å². The van der Waals surface area contributed by atoms with E-state index in [1.54, 1.807) is 123 Å². The van der Waals surface area contributed by atoms with E-state index in [4.69, 9.17) is 52.3 Å². The molecule has 6 heterocycles. The summed E-state index contributed by atoms with van der Waals surface area (Å²) in [5.41, 5.74) is 5.71. The Morgan fingerprint density at radius 3 is 0.946 bits per heavy atom. The molecule has 2 atom stereocenters. The Balaban J connectivity index is 0.000000300. The molecule has 0 aliphatic rings. The first-order valence-electron chi connectivity index (χ1n) is 27.1. The van der Waals surface area contributed by atoms with Crippen molar-refractivity contribution >= 4 is 103 Å². The molecule has 93 heavy (non-hydrogen) atoms. The summed E-state index contributed by atoms with van der Waals surface area (Å²) in [4.78, 5) is 87.9. The molecular formula is C54H67Cl2F3N9NaO18P6. The molecule has 6 aromatic heterocycles. The minimum atomic E-state index is -6.01. The van der Waals surface area contributed by atoms with E-state index in [1.165, 1.54) is 42.9 Å². The maximum Gasteiger partial charge on any atom is 1.00 e. The van der Waals surface area contributed by atoms with E-state index < -0.39 is 105 Å². The Labute approximate surface area is 565 Å². The number of fused-ring (bicyclic) bond motifs is 3. The number of nitrogens with one attached hydrogen (secondary N) is 3. The van der Waals surface area contributed by atoms with Gasteiger partial charge in [0.15, 0.2) is 7.60 Å². The van der Waals surface area contributed by atoms with Crippen molar-refractivity contribution in [2.24, 2.45) is 0 Å². The minimum absolute atomic E-state index is 0. The summed E-state index contributed by atoms with van der Waals surface area (Å²) in [5, 5.41) is 11.3. The number of benzene rings is 3. The Kier molecular flexibility index (Phi) is 27.9. The van der Waals surface area contributed by atoms with Gasteiger partial charge in [-0.15, -0.1) is 24.8 Å². The zero-order chi connectivity index (χ0) is 66.6. The van der Waals surface area contributed by atoms with E-state index in [-0.39, 0.29) is 65.5 Å². The molecule has 0 spiro atoms. The molecule has 9 rings (SSSR count). The monoisotopic (exact) mass is 1470 g/mol. The zero-order valence-electron chi connectivity index (χ0n) is 51.0. The fraction of sp³-hybridized carbons (Fsp3) is 0.333. The standard InChI is InChI=1S/C26H38FN3O6P2.2C14H14FN3O6P2.2ClH.Na/c1-17(2)33-37(31,34-18(3)4)26(27,38(32,35-19(5)6)36-20(7)8)15-21-12-13-28-25(14-21)22-10-9-11-24-23(22)16-29-30-24;2*15-14(25(19,20)21,26(22,23)24)7-9-4-5-16-13(6-9)10-2-1-3-12-11(10)8-17-18-12;;;/h9-14,16-20H,15H2,1-8H3,(H,29,30);2*1-6,8H,7H2,(H,17,18)(H2,19,20,21)(H2,22,23,24);2*1H;/q;;;;;+1/p-1. The summed E-state index contributed by atoms with van der Waals surface area (Å²) in [6, 6.07) is 24.3. The molecule has 0 amide bonds. The third-order valence-electron chi connectivity index (χ3n) is 13.1. The van der Waals surface area contributed by atoms with Gasteiger partial charge in [-0.25, -0.2) is 13.2 Å². The molecule has 0 saturated carbocycles. The van der Waals surface area contributed by atoms with Crippen LogP contribution in [0.4, 0.5) is 13.2 Å².